The van der Waals surface area contributed by atoms with Crippen LogP contribution in [0.25, 0.3) is 0 Å². The van der Waals surface area contributed by atoms with Crippen molar-refractivity contribution >= 4 is 11.9 Å². The Kier molecular flexibility index (Phi) is 6.76. The SMILES string of the molecule is COC(=O)c1ccc(OCC(=O)N(C)C(C)c2ccc(F)cc2)c(OC)c1. The Hall–Kier alpha value is -3.09. The highest BCUT2D eigenvalue weighted by Crippen LogP contribution is 2.28. The molecule has 2 aromatic carbocycles. The number of methoxy groups -OCH3 is 2. The molecule has 0 aliphatic heterocycles. The maximum absolute atomic E-state index is 13.0. The lowest BCUT2D eigenvalue weighted by Crippen LogP contribution is -2.33. The lowest BCUT2D eigenvalue weighted by molar-refractivity contribution is -0.134. The molecule has 0 spiro atoms. The maximum atomic E-state index is 13.0. The molecule has 0 bridgehead atoms. The van der Waals surface area contributed by atoms with Gasteiger partial charge in [-0.1, -0.05) is 12.1 Å². The fourth-order valence-electron chi connectivity index (χ4n) is 2.45. The Balaban J connectivity index is 2.03. The van der Waals surface area contributed by atoms with Gasteiger partial charge in [0.15, 0.2) is 18.1 Å². The van der Waals surface area contributed by atoms with E-state index in [2.05, 4.69) is 4.74 Å². The molecule has 6 nitrogen and oxygen atoms in total. The minimum absolute atomic E-state index is 0.212. The van der Waals surface area contributed by atoms with Crippen LogP contribution in [0.15, 0.2) is 42.5 Å². The molecule has 1 atom stereocenters. The van der Waals surface area contributed by atoms with E-state index in [-0.39, 0.29) is 24.4 Å². The Morgan fingerprint density at radius 3 is 2.33 bits per heavy atom. The normalized spacial score (nSPS) is 11.4. The number of esters is 1. The van der Waals surface area contributed by atoms with Gasteiger partial charge >= 0.3 is 5.97 Å². The third-order valence-electron chi connectivity index (χ3n) is 4.26. The summed E-state index contributed by atoms with van der Waals surface area (Å²) in [5, 5.41) is 0. The molecule has 0 aromatic heterocycles. The lowest BCUT2D eigenvalue weighted by atomic mass is 10.1. The van der Waals surface area contributed by atoms with Crippen LogP contribution in [-0.2, 0) is 9.53 Å². The van der Waals surface area contributed by atoms with Crippen LogP contribution >= 0.6 is 0 Å². The van der Waals surface area contributed by atoms with Gasteiger partial charge in [0.1, 0.15) is 5.82 Å². The van der Waals surface area contributed by atoms with Crippen molar-refractivity contribution in [1.82, 2.24) is 4.90 Å². The Labute approximate surface area is 157 Å². The number of nitrogens with zero attached hydrogens (tertiary/aromatic N) is 1. The summed E-state index contributed by atoms with van der Waals surface area (Å²) in [5.74, 6) is -0.429. The monoisotopic (exact) mass is 375 g/mol. The number of carbonyl (C=O) groups excluding carboxylic acids is 2. The van der Waals surface area contributed by atoms with E-state index in [1.165, 1.54) is 43.4 Å². The van der Waals surface area contributed by atoms with E-state index >= 15 is 0 Å². The first-order chi connectivity index (χ1) is 12.9. The van der Waals surface area contributed by atoms with Gasteiger partial charge in [0, 0.05) is 7.05 Å². The third kappa shape index (κ3) is 4.97. The molecule has 27 heavy (non-hydrogen) atoms. The minimum atomic E-state index is -0.496. The largest absolute Gasteiger partial charge is 0.493 e. The van der Waals surface area contributed by atoms with Crippen LogP contribution in [0, 0.1) is 5.82 Å². The summed E-state index contributed by atoms with van der Waals surface area (Å²) in [6.07, 6.45) is 0. The van der Waals surface area contributed by atoms with Gasteiger partial charge in [0.05, 0.1) is 25.8 Å². The molecule has 0 saturated heterocycles. The predicted octanol–water partition coefficient (Wildman–Crippen LogP) is 3.22. The van der Waals surface area contributed by atoms with Crippen LogP contribution in [-0.4, -0.2) is 44.7 Å². The van der Waals surface area contributed by atoms with Crippen molar-refractivity contribution in [2.75, 3.05) is 27.9 Å². The molecule has 0 radical (unpaired) electrons. The van der Waals surface area contributed by atoms with Crippen molar-refractivity contribution in [3.63, 3.8) is 0 Å². The second-order valence-corrected chi connectivity index (χ2v) is 5.88. The molecule has 2 rings (SSSR count). The molecule has 7 heteroatoms. The molecular formula is C20H22FNO5. The van der Waals surface area contributed by atoms with Crippen LogP contribution in [0.3, 0.4) is 0 Å². The number of ether oxygens (including phenoxy) is 3. The van der Waals surface area contributed by atoms with Gasteiger partial charge in [-0.15, -0.1) is 0 Å². The van der Waals surface area contributed by atoms with Crippen molar-refractivity contribution in [3.05, 3.63) is 59.4 Å². The summed E-state index contributed by atoms with van der Waals surface area (Å²) in [5.41, 5.74) is 1.13. The Morgan fingerprint density at radius 2 is 1.74 bits per heavy atom. The number of likely N-dealkylation sites (N-methyl/N-ethyl adjacent to an activating group) is 1. The summed E-state index contributed by atoms with van der Waals surface area (Å²) in [6.45, 7) is 1.63. The molecule has 1 amide bonds. The van der Waals surface area contributed by atoms with Gasteiger partial charge in [-0.2, -0.15) is 0 Å². The number of amides is 1. The fraction of sp³-hybridized carbons (Fsp3) is 0.300. The number of benzene rings is 2. The van der Waals surface area contributed by atoms with Crippen molar-refractivity contribution < 1.29 is 28.2 Å². The molecule has 0 fully saturated rings. The van der Waals surface area contributed by atoms with Gasteiger partial charge in [-0.05, 0) is 42.8 Å². The molecule has 0 aliphatic carbocycles. The number of rotatable bonds is 7. The van der Waals surface area contributed by atoms with Gasteiger partial charge in [-0.25, -0.2) is 9.18 Å². The van der Waals surface area contributed by atoms with E-state index in [4.69, 9.17) is 9.47 Å². The van der Waals surface area contributed by atoms with Crippen LogP contribution in [0.4, 0.5) is 4.39 Å². The highest BCUT2D eigenvalue weighted by Gasteiger charge is 2.19. The average Bonchev–Trinajstić information content (AvgIpc) is 2.70. The zero-order valence-corrected chi connectivity index (χ0v) is 15.7. The smallest absolute Gasteiger partial charge is 0.337 e. The zero-order valence-electron chi connectivity index (χ0n) is 15.7. The Bertz CT molecular complexity index is 807. The lowest BCUT2D eigenvalue weighted by Gasteiger charge is -2.25. The maximum Gasteiger partial charge on any atom is 0.337 e. The van der Waals surface area contributed by atoms with Crippen molar-refractivity contribution in [3.8, 4) is 11.5 Å². The van der Waals surface area contributed by atoms with E-state index in [9.17, 15) is 14.0 Å². The quantitative estimate of drug-likeness (QED) is 0.696. The molecule has 0 aliphatic rings. The summed E-state index contributed by atoms with van der Waals surface area (Å²) in [6, 6.07) is 10.3. The standard InChI is InChI=1S/C20H22FNO5/c1-13(14-5-8-16(21)9-6-14)22(2)19(23)12-27-17-10-7-15(20(24)26-4)11-18(17)25-3/h5-11,13H,12H2,1-4H3. The fourth-order valence-corrected chi connectivity index (χ4v) is 2.45. The highest BCUT2D eigenvalue weighted by atomic mass is 19.1. The molecule has 2 aromatic rings. The third-order valence-corrected chi connectivity index (χ3v) is 4.26. The number of hydrogen-bond donors (Lipinski definition) is 0. The van der Waals surface area contributed by atoms with E-state index in [0.717, 1.165) is 5.56 Å². The molecule has 0 heterocycles. The van der Waals surface area contributed by atoms with E-state index < -0.39 is 5.97 Å². The van der Waals surface area contributed by atoms with Crippen LogP contribution in [0.5, 0.6) is 11.5 Å². The molecule has 0 saturated carbocycles. The number of halogens is 1. The first-order valence-electron chi connectivity index (χ1n) is 8.27. The van der Waals surface area contributed by atoms with Gasteiger partial charge in [0.2, 0.25) is 0 Å². The molecule has 144 valence electrons. The van der Waals surface area contributed by atoms with E-state index in [1.807, 2.05) is 6.92 Å². The minimum Gasteiger partial charge on any atom is -0.493 e. The van der Waals surface area contributed by atoms with Crippen molar-refractivity contribution in [1.29, 1.82) is 0 Å². The summed E-state index contributed by atoms with van der Waals surface area (Å²) in [7, 11) is 4.38. The van der Waals surface area contributed by atoms with Crippen molar-refractivity contribution in [2.24, 2.45) is 0 Å². The summed E-state index contributed by atoms with van der Waals surface area (Å²) >= 11 is 0. The zero-order chi connectivity index (χ0) is 20.0. The molecule has 1 unspecified atom stereocenters. The second kappa shape index (κ2) is 9.02. The van der Waals surface area contributed by atoms with Gasteiger partial charge in [0.25, 0.3) is 5.91 Å². The summed E-state index contributed by atoms with van der Waals surface area (Å²) in [4.78, 5) is 25.5. The number of carbonyl (C=O) groups is 2. The number of hydrogen-bond acceptors (Lipinski definition) is 5. The molecular weight excluding hydrogens is 353 g/mol. The van der Waals surface area contributed by atoms with Gasteiger partial charge < -0.3 is 19.1 Å². The first-order valence-corrected chi connectivity index (χ1v) is 8.27. The topological polar surface area (TPSA) is 65.1 Å². The van der Waals surface area contributed by atoms with Crippen LogP contribution in [0.2, 0.25) is 0 Å². The summed E-state index contributed by atoms with van der Waals surface area (Å²) < 4.78 is 28.5. The van der Waals surface area contributed by atoms with Gasteiger partial charge in [-0.3, -0.25) is 4.79 Å². The van der Waals surface area contributed by atoms with Crippen molar-refractivity contribution in [2.45, 2.75) is 13.0 Å². The second-order valence-electron chi connectivity index (χ2n) is 5.88. The first kappa shape index (κ1) is 20.2. The Morgan fingerprint density at radius 1 is 1.07 bits per heavy atom. The van der Waals surface area contributed by atoms with E-state index in [0.29, 0.717) is 17.1 Å². The molecule has 0 N–H and O–H groups in total. The average molecular weight is 375 g/mol. The van der Waals surface area contributed by atoms with E-state index in [1.54, 1.807) is 25.2 Å². The predicted molar refractivity (Wildman–Crippen MR) is 97.4 cm³/mol. The van der Waals surface area contributed by atoms with Crippen LogP contribution < -0.4 is 9.47 Å². The highest BCUT2D eigenvalue weighted by molar-refractivity contribution is 5.90. The van der Waals surface area contributed by atoms with Crippen LogP contribution in [0.1, 0.15) is 28.9 Å².